The number of aryl methyl sites for hydroxylation is 3. The zero-order chi connectivity index (χ0) is 23.3. The van der Waals surface area contributed by atoms with Crippen molar-refractivity contribution in [2.75, 3.05) is 7.05 Å². The van der Waals surface area contributed by atoms with Crippen molar-refractivity contribution in [1.29, 1.82) is 0 Å². The predicted octanol–water partition coefficient (Wildman–Crippen LogP) is 7.36. The minimum Gasteiger partial charge on any atom is -0.491 e. The molecule has 0 saturated carbocycles. The summed E-state index contributed by atoms with van der Waals surface area (Å²) in [6.45, 7) is 12.4. The molecule has 0 atom stereocenters. The topological polar surface area (TPSA) is 25.4 Å². The smallest absolute Gasteiger partial charge is 0.128 e. The average Bonchev–Trinajstić information content (AvgIpc) is 2.76. The van der Waals surface area contributed by atoms with Gasteiger partial charge in [0.15, 0.2) is 0 Å². The standard InChI is InChI=1S/C28H35BrN2O/c1-7-22-10-9-11-23(8-2)28(22)26-16-27(32-19(3)4)25(20(5)30-26)18-31(6)17-21-12-14-24(29)15-13-21/h9-16,19H,7-8,17-18H2,1-6H3. The maximum absolute atomic E-state index is 6.33. The Labute approximate surface area is 202 Å². The molecule has 0 aliphatic heterocycles. The second kappa shape index (κ2) is 11.1. The summed E-state index contributed by atoms with van der Waals surface area (Å²) in [4.78, 5) is 7.40. The van der Waals surface area contributed by atoms with Crippen molar-refractivity contribution in [1.82, 2.24) is 9.88 Å². The van der Waals surface area contributed by atoms with Gasteiger partial charge in [-0.2, -0.15) is 0 Å². The van der Waals surface area contributed by atoms with Crippen LogP contribution in [0.25, 0.3) is 11.3 Å². The summed E-state index contributed by atoms with van der Waals surface area (Å²) in [6.07, 6.45) is 2.08. The van der Waals surface area contributed by atoms with Crippen LogP contribution in [0.4, 0.5) is 0 Å². The molecule has 0 radical (unpaired) electrons. The van der Waals surface area contributed by atoms with E-state index in [0.29, 0.717) is 0 Å². The molecule has 0 unspecified atom stereocenters. The highest BCUT2D eigenvalue weighted by molar-refractivity contribution is 9.10. The third kappa shape index (κ3) is 5.99. The molecule has 0 aliphatic rings. The summed E-state index contributed by atoms with van der Waals surface area (Å²) in [7, 11) is 2.15. The van der Waals surface area contributed by atoms with E-state index >= 15 is 0 Å². The third-order valence-electron chi connectivity index (χ3n) is 5.70. The molecule has 3 aromatic rings. The van der Waals surface area contributed by atoms with Gasteiger partial charge in [-0.1, -0.05) is 60.1 Å². The molecule has 0 fully saturated rings. The second-order valence-corrected chi connectivity index (χ2v) is 9.61. The fraction of sp³-hybridized carbons (Fsp3) is 0.393. The predicted molar refractivity (Wildman–Crippen MR) is 138 cm³/mol. The Kier molecular flexibility index (Phi) is 8.50. The maximum atomic E-state index is 6.33. The van der Waals surface area contributed by atoms with Crippen molar-refractivity contribution < 1.29 is 4.74 Å². The van der Waals surface area contributed by atoms with E-state index in [-0.39, 0.29) is 6.10 Å². The molecule has 0 bridgehead atoms. The Hall–Kier alpha value is -2.17. The van der Waals surface area contributed by atoms with Gasteiger partial charge in [0.25, 0.3) is 0 Å². The van der Waals surface area contributed by atoms with Crippen molar-refractivity contribution >= 4 is 15.9 Å². The Morgan fingerprint density at radius 1 is 0.969 bits per heavy atom. The van der Waals surface area contributed by atoms with Crippen molar-refractivity contribution in [3.63, 3.8) is 0 Å². The van der Waals surface area contributed by atoms with Crippen molar-refractivity contribution in [3.8, 4) is 17.0 Å². The van der Waals surface area contributed by atoms with Crippen LogP contribution >= 0.6 is 15.9 Å². The molecule has 3 nitrogen and oxygen atoms in total. The van der Waals surface area contributed by atoms with Crippen LogP contribution in [0.15, 0.2) is 53.0 Å². The molecule has 1 aromatic heterocycles. The normalized spacial score (nSPS) is 11.4. The van der Waals surface area contributed by atoms with Crippen LogP contribution in [0.3, 0.4) is 0 Å². The van der Waals surface area contributed by atoms with Crippen molar-refractivity contribution in [2.24, 2.45) is 0 Å². The van der Waals surface area contributed by atoms with E-state index in [1.54, 1.807) is 0 Å². The van der Waals surface area contributed by atoms with E-state index in [1.807, 2.05) is 0 Å². The van der Waals surface area contributed by atoms with Crippen LogP contribution in [-0.4, -0.2) is 23.0 Å². The molecule has 0 spiro atoms. The highest BCUT2D eigenvalue weighted by atomic mass is 79.9. The lowest BCUT2D eigenvalue weighted by molar-refractivity contribution is 0.232. The van der Waals surface area contributed by atoms with Gasteiger partial charge >= 0.3 is 0 Å². The summed E-state index contributed by atoms with van der Waals surface area (Å²) in [6, 6.07) is 17.3. The number of aromatic nitrogens is 1. The van der Waals surface area contributed by atoms with Crippen LogP contribution < -0.4 is 4.74 Å². The fourth-order valence-electron chi connectivity index (χ4n) is 4.15. The van der Waals surface area contributed by atoms with Gasteiger partial charge in [-0.3, -0.25) is 9.88 Å². The summed E-state index contributed by atoms with van der Waals surface area (Å²) in [5.74, 6) is 0.943. The molecule has 170 valence electrons. The number of benzene rings is 2. The van der Waals surface area contributed by atoms with Gasteiger partial charge in [0, 0.05) is 40.4 Å². The molecule has 0 N–H and O–H groups in total. The molecule has 0 aliphatic carbocycles. The number of pyridine rings is 1. The second-order valence-electron chi connectivity index (χ2n) is 8.69. The van der Waals surface area contributed by atoms with Crippen molar-refractivity contribution in [3.05, 3.63) is 81.0 Å². The Morgan fingerprint density at radius 2 is 1.59 bits per heavy atom. The molecule has 4 heteroatoms. The quantitative estimate of drug-likeness (QED) is 0.310. The lowest BCUT2D eigenvalue weighted by Gasteiger charge is -2.23. The van der Waals surface area contributed by atoms with Crippen LogP contribution in [0.5, 0.6) is 5.75 Å². The van der Waals surface area contributed by atoms with Crippen LogP contribution in [0, 0.1) is 6.92 Å². The number of nitrogens with zero attached hydrogens (tertiary/aromatic N) is 2. The average molecular weight is 496 g/mol. The van der Waals surface area contributed by atoms with E-state index in [4.69, 9.17) is 9.72 Å². The minimum absolute atomic E-state index is 0.104. The Morgan fingerprint density at radius 3 is 2.16 bits per heavy atom. The summed E-state index contributed by atoms with van der Waals surface area (Å²) in [5, 5.41) is 0. The fourth-order valence-corrected chi connectivity index (χ4v) is 4.41. The SMILES string of the molecule is CCc1cccc(CC)c1-c1cc(OC(C)C)c(CN(C)Cc2ccc(Br)cc2)c(C)n1. The molecule has 2 aromatic carbocycles. The minimum atomic E-state index is 0.104. The summed E-state index contributed by atoms with van der Waals surface area (Å²) < 4.78 is 7.43. The lowest BCUT2D eigenvalue weighted by atomic mass is 9.94. The molecule has 1 heterocycles. The monoisotopic (exact) mass is 494 g/mol. The summed E-state index contributed by atoms with van der Waals surface area (Å²) in [5.41, 5.74) is 8.45. The number of rotatable bonds is 9. The molecule has 0 amide bonds. The zero-order valence-electron chi connectivity index (χ0n) is 20.2. The first-order valence-corrected chi connectivity index (χ1v) is 12.3. The van der Waals surface area contributed by atoms with Gasteiger partial charge in [-0.05, 0) is 69.5 Å². The lowest BCUT2D eigenvalue weighted by Crippen LogP contribution is -2.20. The van der Waals surface area contributed by atoms with E-state index in [1.165, 1.54) is 22.3 Å². The maximum Gasteiger partial charge on any atom is 0.128 e. The van der Waals surface area contributed by atoms with Crippen LogP contribution in [0.2, 0.25) is 0 Å². The number of halogens is 1. The molecule has 0 saturated heterocycles. The van der Waals surface area contributed by atoms with E-state index in [2.05, 4.69) is 111 Å². The van der Waals surface area contributed by atoms with E-state index < -0.39 is 0 Å². The van der Waals surface area contributed by atoms with Crippen LogP contribution in [-0.2, 0) is 25.9 Å². The molecule has 3 rings (SSSR count). The zero-order valence-corrected chi connectivity index (χ0v) is 21.8. The van der Waals surface area contributed by atoms with Crippen molar-refractivity contribution in [2.45, 2.75) is 66.7 Å². The number of ether oxygens (including phenoxy) is 1. The highest BCUT2D eigenvalue weighted by Crippen LogP contribution is 2.34. The summed E-state index contributed by atoms with van der Waals surface area (Å²) >= 11 is 3.52. The molecule has 32 heavy (non-hydrogen) atoms. The molecular weight excluding hydrogens is 460 g/mol. The number of hydrogen-bond acceptors (Lipinski definition) is 3. The number of hydrogen-bond donors (Lipinski definition) is 0. The molecular formula is C28H35BrN2O. The third-order valence-corrected chi connectivity index (χ3v) is 6.23. The van der Waals surface area contributed by atoms with Gasteiger partial charge in [-0.25, -0.2) is 0 Å². The largest absolute Gasteiger partial charge is 0.491 e. The first-order chi connectivity index (χ1) is 15.3. The Balaban J connectivity index is 1.98. The first kappa shape index (κ1) is 24.5. The van der Waals surface area contributed by atoms with Crippen LogP contribution in [0.1, 0.15) is 55.6 Å². The van der Waals surface area contributed by atoms with Gasteiger partial charge in [-0.15, -0.1) is 0 Å². The Bertz CT molecular complexity index is 1020. The van der Waals surface area contributed by atoms with Gasteiger partial charge in [0.1, 0.15) is 5.75 Å². The highest BCUT2D eigenvalue weighted by Gasteiger charge is 2.18. The first-order valence-electron chi connectivity index (χ1n) is 11.5. The van der Waals surface area contributed by atoms with Gasteiger partial charge < -0.3 is 4.74 Å². The van der Waals surface area contributed by atoms with Gasteiger partial charge in [0.2, 0.25) is 0 Å². The van der Waals surface area contributed by atoms with E-state index in [9.17, 15) is 0 Å². The van der Waals surface area contributed by atoms with E-state index in [0.717, 1.165) is 53.1 Å². The van der Waals surface area contributed by atoms with Gasteiger partial charge in [0.05, 0.1) is 11.8 Å².